The lowest BCUT2D eigenvalue weighted by atomic mass is 10.2. The maximum absolute atomic E-state index is 6.08. The molecule has 1 fully saturated rings. The average molecular weight is 291 g/mol. The largest absolute Gasteiger partial charge is 0.310 e. The Hall–Kier alpha value is -1.39. The van der Waals surface area contributed by atoms with Crippen LogP contribution in [-0.2, 0) is 13.0 Å². The van der Waals surface area contributed by atoms with Crippen LogP contribution in [0.25, 0.3) is 5.82 Å². The van der Waals surface area contributed by atoms with E-state index in [1.54, 1.807) is 4.68 Å². The maximum atomic E-state index is 6.08. The molecule has 2 heterocycles. The molecule has 0 aliphatic heterocycles. The molecule has 4 nitrogen and oxygen atoms in total. The number of nitrogens with zero attached hydrogens (tertiary/aromatic N) is 3. The fourth-order valence-corrected chi connectivity index (χ4v) is 2.27. The summed E-state index contributed by atoms with van der Waals surface area (Å²) in [5.74, 6) is 0.840. The molecule has 1 aliphatic carbocycles. The van der Waals surface area contributed by atoms with Gasteiger partial charge in [-0.1, -0.05) is 18.5 Å². The van der Waals surface area contributed by atoms with Gasteiger partial charge in [0.2, 0.25) is 0 Å². The van der Waals surface area contributed by atoms with Gasteiger partial charge in [-0.15, -0.1) is 0 Å². The summed E-state index contributed by atoms with van der Waals surface area (Å²) in [7, 11) is 0. The second kappa shape index (κ2) is 5.54. The van der Waals surface area contributed by atoms with Crippen molar-refractivity contribution in [3.8, 4) is 5.82 Å². The number of hydrogen-bond acceptors (Lipinski definition) is 3. The average Bonchev–Trinajstić information content (AvgIpc) is 3.22. The fraction of sp³-hybridized carbons (Fsp3) is 0.467. The fourth-order valence-electron chi connectivity index (χ4n) is 2.14. The van der Waals surface area contributed by atoms with E-state index >= 15 is 0 Å². The minimum Gasteiger partial charge on any atom is -0.310 e. The zero-order valence-electron chi connectivity index (χ0n) is 11.9. The lowest BCUT2D eigenvalue weighted by molar-refractivity contribution is 0.683. The number of halogens is 1. The van der Waals surface area contributed by atoms with Crippen LogP contribution in [0.3, 0.4) is 0 Å². The summed E-state index contributed by atoms with van der Waals surface area (Å²) in [5.41, 5.74) is 3.16. The Morgan fingerprint density at radius 2 is 2.20 bits per heavy atom. The minimum atomic E-state index is 0.673. The van der Waals surface area contributed by atoms with Gasteiger partial charge >= 0.3 is 0 Å². The van der Waals surface area contributed by atoms with Crippen LogP contribution in [0.2, 0.25) is 5.02 Å². The van der Waals surface area contributed by atoms with E-state index in [2.05, 4.69) is 34.5 Å². The summed E-state index contributed by atoms with van der Waals surface area (Å²) in [6.45, 7) is 4.91. The first-order valence-corrected chi connectivity index (χ1v) is 7.49. The smallest absolute Gasteiger partial charge is 0.153 e. The van der Waals surface area contributed by atoms with E-state index in [1.807, 2.05) is 13.1 Å². The van der Waals surface area contributed by atoms with Crippen molar-refractivity contribution in [2.75, 3.05) is 0 Å². The molecule has 0 bridgehead atoms. The maximum Gasteiger partial charge on any atom is 0.153 e. The van der Waals surface area contributed by atoms with Gasteiger partial charge in [-0.2, -0.15) is 5.10 Å². The zero-order chi connectivity index (χ0) is 14.1. The van der Waals surface area contributed by atoms with Crippen molar-refractivity contribution in [2.24, 2.45) is 0 Å². The molecule has 0 atom stereocenters. The molecular formula is C15H19ClN4. The van der Waals surface area contributed by atoms with Gasteiger partial charge in [-0.3, -0.25) is 0 Å². The molecular weight excluding hydrogens is 272 g/mol. The molecule has 20 heavy (non-hydrogen) atoms. The SMILES string of the molecule is CCc1cc(CNC2CC2)cc(-n2cc(Cl)c(C)n2)n1. The van der Waals surface area contributed by atoms with E-state index in [0.717, 1.165) is 30.2 Å². The molecule has 2 aromatic heterocycles. The lowest BCUT2D eigenvalue weighted by Crippen LogP contribution is -2.16. The van der Waals surface area contributed by atoms with Crippen LogP contribution in [0.1, 0.15) is 36.7 Å². The van der Waals surface area contributed by atoms with Crippen LogP contribution < -0.4 is 5.32 Å². The van der Waals surface area contributed by atoms with Crippen LogP contribution >= 0.6 is 11.6 Å². The summed E-state index contributed by atoms with van der Waals surface area (Å²) >= 11 is 6.08. The molecule has 0 aromatic carbocycles. The van der Waals surface area contributed by atoms with Crippen molar-refractivity contribution >= 4 is 11.6 Å². The summed E-state index contributed by atoms with van der Waals surface area (Å²) in [5, 5.41) is 8.61. The first-order chi connectivity index (χ1) is 9.65. The van der Waals surface area contributed by atoms with Crippen molar-refractivity contribution in [2.45, 2.75) is 45.7 Å². The third-order valence-electron chi connectivity index (χ3n) is 3.53. The molecule has 3 rings (SSSR count). The van der Waals surface area contributed by atoms with Crippen molar-refractivity contribution in [1.29, 1.82) is 0 Å². The molecule has 0 amide bonds. The zero-order valence-corrected chi connectivity index (χ0v) is 12.6. The molecule has 0 saturated heterocycles. The Kier molecular flexibility index (Phi) is 3.76. The summed E-state index contributed by atoms with van der Waals surface area (Å²) in [6.07, 6.45) is 5.33. The molecule has 1 N–H and O–H groups in total. The Balaban J connectivity index is 1.89. The highest BCUT2D eigenvalue weighted by atomic mass is 35.5. The highest BCUT2D eigenvalue weighted by Crippen LogP contribution is 2.20. The Morgan fingerprint density at radius 3 is 2.80 bits per heavy atom. The molecule has 0 unspecified atom stereocenters. The normalized spacial score (nSPS) is 14.8. The Labute approximate surface area is 124 Å². The van der Waals surface area contributed by atoms with E-state index in [-0.39, 0.29) is 0 Å². The van der Waals surface area contributed by atoms with Crippen molar-refractivity contribution in [1.82, 2.24) is 20.1 Å². The van der Waals surface area contributed by atoms with Crippen LogP contribution in [0, 0.1) is 6.92 Å². The summed E-state index contributed by atoms with van der Waals surface area (Å²) in [6, 6.07) is 4.95. The van der Waals surface area contributed by atoms with E-state index in [9.17, 15) is 0 Å². The topological polar surface area (TPSA) is 42.7 Å². The predicted molar refractivity (Wildman–Crippen MR) is 80.3 cm³/mol. The molecule has 2 aromatic rings. The molecule has 0 spiro atoms. The van der Waals surface area contributed by atoms with E-state index in [0.29, 0.717) is 11.1 Å². The van der Waals surface area contributed by atoms with Crippen LogP contribution in [0.5, 0.6) is 0 Å². The molecule has 1 aliphatic rings. The highest BCUT2D eigenvalue weighted by molar-refractivity contribution is 6.31. The van der Waals surface area contributed by atoms with E-state index < -0.39 is 0 Å². The Bertz CT molecular complexity index is 597. The second-order valence-corrected chi connectivity index (χ2v) is 5.75. The van der Waals surface area contributed by atoms with E-state index in [1.165, 1.54) is 18.4 Å². The number of nitrogens with one attached hydrogen (secondary N) is 1. The first-order valence-electron chi connectivity index (χ1n) is 7.11. The molecule has 1 saturated carbocycles. The van der Waals surface area contributed by atoms with E-state index in [4.69, 9.17) is 11.6 Å². The highest BCUT2D eigenvalue weighted by Gasteiger charge is 2.20. The number of hydrogen-bond donors (Lipinski definition) is 1. The summed E-state index contributed by atoms with van der Waals surface area (Å²) < 4.78 is 1.76. The summed E-state index contributed by atoms with van der Waals surface area (Å²) in [4.78, 5) is 4.63. The molecule has 5 heteroatoms. The standard InChI is InChI=1S/C15H19ClN4/c1-3-12-6-11(8-17-13-4-5-13)7-15(18-12)20-9-14(16)10(2)19-20/h6-7,9,13,17H,3-5,8H2,1-2H3. The lowest BCUT2D eigenvalue weighted by Gasteiger charge is -2.09. The van der Waals surface area contributed by atoms with Gasteiger partial charge in [0.05, 0.1) is 16.9 Å². The third-order valence-corrected chi connectivity index (χ3v) is 3.90. The molecule has 0 radical (unpaired) electrons. The van der Waals surface area contributed by atoms with Gasteiger partial charge < -0.3 is 5.32 Å². The van der Waals surface area contributed by atoms with Gasteiger partial charge in [0, 0.05) is 18.3 Å². The van der Waals surface area contributed by atoms with Crippen molar-refractivity contribution in [3.05, 3.63) is 40.3 Å². The number of aromatic nitrogens is 3. The van der Waals surface area contributed by atoms with Crippen LogP contribution in [0.15, 0.2) is 18.3 Å². The first kappa shape index (κ1) is 13.6. The van der Waals surface area contributed by atoms with Gasteiger partial charge in [0.1, 0.15) is 0 Å². The van der Waals surface area contributed by atoms with Gasteiger partial charge in [0.25, 0.3) is 0 Å². The van der Waals surface area contributed by atoms with Crippen LogP contribution in [-0.4, -0.2) is 20.8 Å². The van der Waals surface area contributed by atoms with Gasteiger partial charge in [-0.05, 0) is 43.9 Å². The van der Waals surface area contributed by atoms with Gasteiger partial charge in [0.15, 0.2) is 5.82 Å². The number of pyridine rings is 1. The van der Waals surface area contributed by atoms with Crippen molar-refractivity contribution < 1.29 is 0 Å². The minimum absolute atomic E-state index is 0.673. The van der Waals surface area contributed by atoms with Crippen molar-refractivity contribution in [3.63, 3.8) is 0 Å². The monoisotopic (exact) mass is 290 g/mol. The molecule has 106 valence electrons. The third kappa shape index (κ3) is 3.02. The number of aryl methyl sites for hydroxylation is 2. The predicted octanol–water partition coefficient (Wildman–Crippen LogP) is 3.04. The second-order valence-electron chi connectivity index (χ2n) is 5.34. The van der Waals surface area contributed by atoms with Crippen LogP contribution in [0.4, 0.5) is 0 Å². The Morgan fingerprint density at radius 1 is 1.40 bits per heavy atom. The number of rotatable bonds is 5. The quantitative estimate of drug-likeness (QED) is 0.920. The van der Waals surface area contributed by atoms with Gasteiger partial charge in [-0.25, -0.2) is 9.67 Å².